The molecule has 2 N–H and O–H groups in total. The molecule has 0 fully saturated rings. The lowest BCUT2D eigenvalue weighted by atomic mass is 10.1. The van der Waals surface area contributed by atoms with Crippen molar-refractivity contribution in [3.05, 3.63) is 35.4 Å². The molecule has 0 spiro atoms. The molecular weight excluding hydrogens is 270 g/mol. The van der Waals surface area contributed by atoms with Crippen LogP contribution in [0.1, 0.15) is 18.1 Å². The monoisotopic (exact) mass is 293 g/mol. The standard InChI is InChI=1S/C16H23NO4/c1-19-13-5-6-16(20-2)14(8-13)15(18)10-17-9-12-4-3-7-21-11-12/h4-6,8,15,17-18H,3,7,9-11H2,1-2H3/t15-/m0/s1. The summed E-state index contributed by atoms with van der Waals surface area (Å²) in [5.41, 5.74) is 1.95. The molecule has 0 saturated carbocycles. The van der Waals surface area contributed by atoms with Crippen molar-refractivity contribution in [2.24, 2.45) is 0 Å². The molecule has 1 aliphatic rings. The van der Waals surface area contributed by atoms with Gasteiger partial charge >= 0.3 is 0 Å². The Morgan fingerprint density at radius 1 is 1.33 bits per heavy atom. The number of methoxy groups -OCH3 is 2. The second-order valence-corrected chi connectivity index (χ2v) is 4.96. The normalized spacial score (nSPS) is 16.2. The lowest BCUT2D eigenvalue weighted by Gasteiger charge is -2.18. The van der Waals surface area contributed by atoms with Gasteiger partial charge in [-0.15, -0.1) is 0 Å². The van der Waals surface area contributed by atoms with E-state index in [0.717, 1.165) is 25.1 Å². The summed E-state index contributed by atoms with van der Waals surface area (Å²) < 4.78 is 15.9. The molecule has 0 saturated heterocycles. The summed E-state index contributed by atoms with van der Waals surface area (Å²) in [7, 11) is 3.20. The largest absolute Gasteiger partial charge is 0.497 e. The van der Waals surface area contributed by atoms with Gasteiger partial charge in [0.2, 0.25) is 0 Å². The average molecular weight is 293 g/mol. The zero-order valence-corrected chi connectivity index (χ0v) is 12.6. The summed E-state index contributed by atoms with van der Waals surface area (Å²) in [6.07, 6.45) is 2.50. The number of hydrogen-bond donors (Lipinski definition) is 2. The zero-order chi connectivity index (χ0) is 15.1. The Morgan fingerprint density at radius 2 is 2.19 bits per heavy atom. The Hall–Kier alpha value is -1.56. The van der Waals surface area contributed by atoms with Gasteiger partial charge in [-0.25, -0.2) is 0 Å². The Labute approximate surface area is 125 Å². The Bertz CT molecular complexity index is 487. The molecule has 0 unspecified atom stereocenters. The van der Waals surface area contributed by atoms with Crippen LogP contribution in [0.25, 0.3) is 0 Å². The highest BCUT2D eigenvalue weighted by Crippen LogP contribution is 2.29. The lowest BCUT2D eigenvalue weighted by Crippen LogP contribution is -2.26. The van der Waals surface area contributed by atoms with E-state index in [4.69, 9.17) is 14.2 Å². The van der Waals surface area contributed by atoms with Gasteiger partial charge in [0.15, 0.2) is 0 Å². The van der Waals surface area contributed by atoms with Crippen molar-refractivity contribution in [2.75, 3.05) is 40.5 Å². The first-order valence-electron chi connectivity index (χ1n) is 7.11. The fourth-order valence-electron chi connectivity index (χ4n) is 2.31. The first-order chi connectivity index (χ1) is 10.2. The van der Waals surface area contributed by atoms with E-state index in [1.54, 1.807) is 26.4 Å². The predicted molar refractivity (Wildman–Crippen MR) is 80.9 cm³/mol. The predicted octanol–water partition coefficient (Wildman–Crippen LogP) is 1.67. The second-order valence-electron chi connectivity index (χ2n) is 4.96. The van der Waals surface area contributed by atoms with Crippen molar-refractivity contribution in [1.29, 1.82) is 0 Å². The van der Waals surface area contributed by atoms with Gasteiger partial charge in [0.1, 0.15) is 11.5 Å². The molecule has 0 aromatic heterocycles. The molecule has 116 valence electrons. The van der Waals surface area contributed by atoms with E-state index in [-0.39, 0.29) is 0 Å². The Kier molecular flexibility index (Phi) is 6.04. The third kappa shape index (κ3) is 4.46. The molecule has 5 heteroatoms. The summed E-state index contributed by atoms with van der Waals surface area (Å²) in [6, 6.07) is 5.41. The minimum absolute atomic E-state index is 0.445. The van der Waals surface area contributed by atoms with Gasteiger partial charge in [0.25, 0.3) is 0 Å². The molecule has 0 bridgehead atoms. The summed E-state index contributed by atoms with van der Waals surface area (Å²) >= 11 is 0. The van der Waals surface area contributed by atoms with Crippen LogP contribution in [0, 0.1) is 0 Å². The van der Waals surface area contributed by atoms with E-state index in [9.17, 15) is 5.11 Å². The van der Waals surface area contributed by atoms with E-state index >= 15 is 0 Å². The van der Waals surface area contributed by atoms with Gasteiger partial charge < -0.3 is 24.6 Å². The minimum atomic E-state index is -0.653. The minimum Gasteiger partial charge on any atom is -0.497 e. The maximum absolute atomic E-state index is 10.3. The molecule has 0 radical (unpaired) electrons. The second kappa shape index (κ2) is 8.02. The van der Waals surface area contributed by atoms with Crippen molar-refractivity contribution in [3.63, 3.8) is 0 Å². The fourth-order valence-corrected chi connectivity index (χ4v) is 2.31. The van der Waals surface area contributed by atoms with E-state index in [1.165, 1.54) is 5.57 Å². The van der Waals surface area contributed by atoms with Crippen molar-refractivity contribution >= 4 is 0 Å². The number of ether oxygens (including phenoxy) is 3. The number of aliphatic hydroxyl groups is 1. The van der Waals surface area contributed by atoms with Crippen LogP contribution in [0.3, 0.4) is 0 Å². The topological polar surface area (TPSA) is 60.0 Å². The van der Waals surface area contributed by atoms with Crippen LogP contribution in [0.4, 0.5) is 0 Å². The number of benzene rings is 1. The molecular formula is C16H23NO4. The molecule has 0 aliphatic carbocycles. The first kappa shape index (κ1) is 15.8. The maximum Gasteiger partial charge on any atom is 0.124 e. The number of nitrogens with one attached hydrogen (secondary N) is 1. The molecule has 5 nitrogen and oxygen atoms in total. The van der Waals surface area contributed by atoms with Crippen molar-refractivity contribution in [2.45, 2.75) is 12.5 Å². The van der Waals surface area contributed by atoms with Crippen LogP contribution in [0.15, 0.2) is 29.8 Å². The van der Waals surface area contributed by atoms with Gasteiger partial charge in [0.05, 0.1) is 33.5 Å². The fraction of sp³-hybridized carbons (Fsp3) is 0.500. The third-order valence-electron chi connectivity index (χ3n) is 3.47. The van der Waals surface area contributed by atoms with Gasteiger partial charge in [-0.05, 0) is 30.2 Å². The highest BCUT2D eigenvalue weighted by molar-refractivity contribution is 5.41. The molecule has 1 heterocycles. The van der Waals surface area contributed by atoms with E-state index in [1.807, 2.05) is 6.07 Å². The summed E-state index contributed by atoms with van der Waals surface area (Å²) in [4.78, 5) is 0. The van der Waals surface area contributed by atoms with Crippen LogP contribution >= 0.6 is 0 Å². The van der Waals surface area contributed by atoms with Crippen molar-refractivity contribution in [3.8, 4) is 11.5 Å². The third-order valence-corrected chi connectivity index (χ3v) is 3.47. The van der Waals surface area contributed by atoms with E-state index in [2.05, 4.69) is 11.4 Å². The molecule has 1 aromatic rings. The van der Waals surface area contributed by atoms with Crippen LogP contribution < -0.4 is 14.8 Å². The number of aliphatic hydroxyl groups excluding tert-OH is 1. The molecule has 1 atom stereocenters. The quantitative estimate of drug-likeness (QED) is 0.749. The lowest BCUT2D eigenvalue weighted by molar-refractivity contribution is 0.146. The molecule has 1 aromatic carbocycles. The number of rotatable bonds is 7. The van der Waals surface area contributed by atoms with E-state index < -0.39 is 6.10 Å². The average Bonchev–Trinajstić information content (AvgIpc) is 2.55. The molecule has 0 amide bonds. The smallest absolute Gasteiger partial charge is 0.124 e. The van der Waals surface area contributed by atoms with Gasteiger partial charge in [-0.2, -0.15) is 0 Å². The highest BCUT2D eigenvalue weighted by atomic mass is 16.5. The van der Waals surface area contributed by atoms with Crippen LogP contribution in [0.5, 0.6) is 11.5 Å². The van der Waals surface area contributed by atoms with Gasteiger partial charge in [-0.3, -0.25) is 0 Å². The maximum atomic E-state index is 10.3. The van der Waals surface area contributed by atoms with Crippen LogP contribution in [0.2, 0.25) is 0 Å². The SMILES string of the molecule is COc1ccc(OC)c([C@@H](O)CNCC2=CCCOC2)c1. The van der Waals surface area contributed by atoms with Crippen LogP contribution in [-0.4, -0.2) is 45.6 Å². The van der Waals surface area contributed by atoms with Gasteiger partial charge in [-0.1, -0.05) is 6.08 Å². The first-order valence-corrected chi connectivity index (χ1v) is 7.11. The van der Waals surface area contributed by atoms with E-state index in [0.29, 0.717) is 24.7 Å². The molecule has 21 heavy (non-hydrogen) atoms. The van der Waals surface area contributed by atoms with Gasteiger partial charge in [0, 0.05) is 18.7 Å². The Morgan fingerprint density at radius 3 is 2.86 bits per heavy atom. The summed E-state index contributed by atoms with van der Waals surface area (Å²) in [5, 5.41) is 13.6. The zero-order valence-electron chi connectivity index (χ0n) is 12.6. The van der Waals surface area contributed by atoms with Crippen molar-refractivity contribution in [1.82, 2.24) is 5.32 Å². The number of hydrogen-bond acceptors (Lipinski definition) is 5. The van der Waals surface area contributed by atoms with Crippen molar-refractivity contribution < 1.29 is 19.3 Å². The highest BCUT2D eigenvalue weighted by Gasteiger charge is 2.14. The van der Waals surface area contributed by atoms with Crippen LogP contribution in [-0.2, 0) is 4.74 Å². The summed E-state index contributed by atoms with van der Waals surface area (Å²) in [5.74, 6) is 1.36. The molecule has 2 rings (SSSR count). The summed E-state index contributed by atoms with van der Waals surface area (Å²) in [6.45, 7) is 2.64. The molecule has 1 aliphatic heterocycles. The Balaban J connectivity index is 1.92.